The number of aliphatic hydroxyl groups excluding tert-OH is 1. The van der Waals surface area contributed by atoms with Gasteiger partial charge in [0, 0.05) is 32.5 Å². The summed E-state index contributed by atoms with van der Waals surface area (Å²) in [5.74, 6) is 0.444. The van der Waals surface area contributed by atoms with E-state index in [0.717, 1.165) is 77.6 Å². The lowest BCUT2D eigenvalue weighted by Gasteiger charge is -2.39. The topological polar surface area (TPSA) is 57.2 Å². The summed E-state index contributed by atoms with van der Waals surface area (Å²) >= 11 is 0. The van der Waals surface area contributed by atoms with Crippen LogP contribution in [0.4, 0.5) is 0 Å². The molecule has 0 aliphatic heterocycles. The minimum atomic E-state index is -1.85. The van der Waals surface area contributed by atoms with Gasteiger partial charge in [0.15, 0.2) is 0 Å². The van der Waals surface area contributed by atoms with Gasteiger partial charge in [-0.3, -0.25) is 0 Å². The Bertz CT molecular complexity index is 335. The third-order valence-corrected chi connectivity index (χ3v) is 8.07. The average Bonchev–Trinajstić information content (AvgIpc) is 2.67. The van der Waals surface area contributed by atoms with Crippen molar-refractivity contribution in [3.63, 3.8) is 0 Å². The predicted octanol–water partition coefficient (Wildman–Crippen LogP) is 4.20. The van der Waals surface area contributed by atoms with E-state index in [9.17, 15) is 5.11 Å². The first-order valence-corrected chi connectivity index (χ1v) is 12.8. The van der Waals surface area contributed by atoms with Gasteiger partial charge in [-0.25, -0.2) is 0 Å². The highest BCUT2D eigenvalue weighted by molar-refractivity contribution is 6.46. The van der Waals surface area contributed by atoms with E-state index in [1.807, 2.05) is 0 Å². The molecule has 4 atom stereocenters. The van der Waals surface area contributed by atoms with Crippen LogP contribution < -0.4 is 0 Å². The Balaban J connectivity index is 2.73. The smallest absolute Gasteiger partial charge is 0.327 e. The molecule has 1 aliphatic carbocycles. The molecule has 0 radical (unpaired) electrons. The Morgan fingerprint density at radius 2 is 1.52 bits per heavy atom. The van der Waals surface area contributed by atoms with Crippen molar-refractivity contribution in [2.24, 2.45) is 5.92 Å². The van der Waals surface area contributed by atoms with Crippen molar-refractivity contribution in [2.75, 3.05) is 33.5 Å². The van der Waals surface area contributed by atoms with E-state index in [0.29, 0.717) is 18.1 Å². The first-order valence-electron chi connectivity index (χ1n) is 11.2. The fourth-order valence-corrected chi connectivity index (χ4v) is 6.24. The van der Waals surface area contributed by atoms with Gasteiger partial charge in [0.2, 0.25) is 0 Å². The molecule has 0 heterocycles. The number of rotatable bonds is 16. The zero-order valence-corrected chi connectivity index (χ0v) is 19.3. The molecule has 0 aromatic heterocycles. The SMILES string of the molecule is CCCCOC1CC(C(COC)[SiH](OCCCC)OCCCC)CCC1O. The minimum absolute atomic E-state index is 0.0596. The van der Waals surface area contributed by atoms with Gasteiger partial charge in [0.25, 0.3) is 0 Å². The summed E-state index contributed by atoms with van der Waals surface area (Å²) in [4.78, 5) is 0. The lowest BCUT2D eigenvalue weighted by atomic mass is 9.83. The maximum Gasteiger partial charge on any atom is 0.327 e. The van der Waals surface area contributed by atoms with Crippen LogP contribution in [0.25, 0.3) is 0 Å². The van der Waals surface area contributed by atoms with Crippen LogP contribution in [-0.4, -0.2) is 60.1 Å². The van der Waals surface area contributed by atoms with Gasteiger partial charge in [0.05, 0.1) is 18.8 Å². The van der Waals surface area contributed by atoms with E-state index < -0.39 is 9.28 Å². The molecule has 1 aliphatic rings. The summed E-state index contributed by atoms with van der Waals surface area (Å²) in [5, 5.41) is 10.4. The fraction of sp³-hybridized carbons (Fsp3) is 1.00. The van der Waals surface area contributed by atoms with E-state index in [2.05, 4.69) is 20.8 Å². The molecule has 1 fully saturated rings. The molecule has 0 aromatic carbocycles. The molecule has 27 heavy (non-hydrogen) atoms. The molecular formula is C21H44O5Si. The standard InChI is InChI=1S/C21H44O5Si/c1-5-8-13-24-20-16-18(11-12-19(20)22)21(17-23-4)27(25-14-9-6-2)26-15-10-7-3/h18-22,27H,5-17H2,1-4H3. The van der Waals surface area contributed by atoms with Crippen molar-refractivity contribution >= 4 is 9.28 Å². The molecule has 5 nitrogen and oxygen atoms in total. The van der Waals surface area contributed by atoms with Crippen molar-refractivity contribution in [3.05, 3.63) is 0 Å². The Morgan fingerprint density at radius 3 is 2.07 bits per heavy atom. The van der Waals surface area contributed by atoms with E-state index in [4.69, 9.17) is 18.3 Å². The van der Waals surface area contributed by atoms with E-state index in [1.54, 1.807) is 7.11 Å². The summed E-state index contributed by atoms with van der Waals surface area (Å²) in [6.07, 6.45) is 8.86. The van der Waals surface area contributed by atoms with Crippen molar-refractivity contribution in [3.8, 4) is 0 Å². The zero-order chi connectivity index (χ0) is 19.9. The Labute approximate surface area is 169 Å². The molecule has 0 bridgehead atoms. The third kappa shape index (κ3) is 9.86. The number of aliphatic hydroxyl groups is 1. The summed E-state index contributed by atoms with van der Waals surface area (Å²) in [6, 6.07) is 0. The van der Waals surface area contributed by atoms with Crippen LogP contribution in [0.15, 0.2) is 0 Å². The molecule has 162 valence electrons. The Kier molecular flexibility index (Phi) is 14.7. The van der Waals surface area contributed by atoms with Crippen LogP contribution in [0.1, 0.15) is 78.6 Å². The predicted molar refractivity (Wildman–Crippen MR) is 112 cm³/mol. The highest BCUT2D eigenvalue weighted by Crippen LogP contribution is 2.37. The van der Waals surface area contributed by atoms with Gasteiger partial charge in [-0.05, 0) is 44.4 Å². The van der Waals surface area contributed by atoms with Gasteiger partial charge in [-0.15, -0.1) is 0 Å². The van der Waals surface area contributed by atoms with Crippen molar-refractivity contribution < 1.29 is 23.4 Å². The zero-order valence-electron chi connectivity index (χ0n) is 18.2. The maximum atomic E-state index is 10.4. The molecule has 6 heteroatoms. The van der Waals surface area contributed by atoms with Crippen LogP contribution in [0.5, 0.6) is 0 Å². The molecule has 0 saturated heterocycles. The maximum absolute atomic E-state index is 10.4. The Morgan fingerprint density at radius 1 is 0.926 bits per heavy atom. The monoisotopic (exact) mass is 404 g/mol. The molecule has 1 N–H and O–H groups in total. The van der Waals surface area contributed by atoms with Crippen molar-refractivity contribution in [1.82, 2.24) is 0 Å². The minimum Gasteiger partial charge on any atom is -0.396 e. The number of unbranched alkanes of at least 4 members (excludes halogenated alkanes) is 3. The summed E-state index contributed by atoms with van der Waals surface area (Å²) in [6.45, 7) is 9.52. The second-order valence-electron chi connectivity index (χ2n) is 7.84. The first-order chi connectivity index (χ1) is 13.2. The van der Waals surface area contributed by atoms with Gasteiger partial charge >= 0.3 is 9.28 Å². The normalized spacial score (nSPS) is 24.4. The molecule has 4 unspecified atom stereocenters. The van der Waals surface area contributed by atoms with Gasteiger partial charge in [-0.1, -0.05) is 40.0 Å². The molecule has 0 spiro atoms. The third-order valence-electron chi connectivity index (χ3n) is 5.50. The van der Waals surface area contributed by atoms with Crippen LogP contribution in [-0.2, 0) is 18.3 Å². The molecule has 1 saturated carbocycles. The van der Waals surface area contributed by atoms with Crippen molar-refractivity contribution in [1.29, 1.82) is 0 Å². The molecule has 0 aromatic rings. The van der Waals surface area contributed by atoms with Crippen LogP contribution >= 0.6 is 0 Å². The first kappa shape index (κ1) is 25.1. The summed E-state index contributed by atoms with van der Waals surface area (Å²) in [7, 11) is -0.0785. The van der Waals surface area contributed by atoms with Crippen LogP contribution in [0.2, 0.25) is 5.54 Å². The van der Waals surface area contributed by atoms with Gasteiger partial charge in [0.1, 0.15) is 0 Å². The quantitative estimate of drug-likeness (QED) is 0.309. The highest BCUT2D eigenvalue weighted by Gasteiger charge is 2.39. The van der Waals surface area contributed by atoms with E-state index in [1.165, 1.54) is 0 Å². The summed E-state index contributed by atoms with van der Waals surface area (Å²) in [5.41, 5.74) is 0.313. The second-order valence-corrected chi connectivity index (χ2v) is 10.1. The molecule has 1 rings (SSSR count). The largest absolute Gasteiger partial charge is 0.396 e. The molecular weight excluding hydrogens is 360 g/mol. The van der Waals surface area contributed by atoms with E-state index >= 15 is 0 Å². The lowest BCUT2D eigenvalue weighted by molar-refractivity contribution is -0.0755. The fourth-order valence-electron chi connectivity index (χ4n) is 3.70. The lowest BCUT2D eigenvalue weighted by Crippen LogP contribution is -2.43. The average molecular weight is 405 g/mol. The number of hydrogen-bond acceptors (Lipinski definition) is 5. The van der Waals surface area contributed by atoms with Gasteiger partial charge < -0.3 is 23.4 Å². The molecule has 0 amide bonds. The van der Waals surface area contributed by atoms with Crippen LogP contribution in [0, 0.1) is 5.92 Å². The number of methoxy groups -OCH3 is 1. The van der Waals surface area contributed by atoms with Crippen molar-refractivity contribution in [2.45, 2.75) is 96.3 Å². The van der Waals surface area contributed by atoms with Gasteiger partial charge in [-0.2, -0.15) is 0 Å². The second kappa shape index (κ2) is 15.9. The number of hydrogen-bond donors (Lipinski definition) is 1. The van der Waals surface area contributed by atoms with E-state index in [-0.39, 0.29) is 12.2 Å². The van der Waals surface area contributed by atoms with Crippen LogP contribution in [0.3, 0.4) is 0 Å². The number of ether oxygens (including phenoxy) is 2. The highest BCUT2D eigenvalue weighted by atomic mass is 28.3. The summed E-state index contributed by atoms with van der Waals surface area (Å²) < 4.78 is 24.2. The Hall–Kier alpha value is 0.0169.